The van der Waals surface area contributed by atoms with E-state index in [1.54, 1.807) is 11.3 Å². The van der Waals surface area contributed by atoms with Crippen molar-refractivity contribution in [3.05, 3.63) is 53.5 Å². The van der Waals surface area contributed by atoms with Gasteiger partial charge in [0.2, 0.25) is 0 Å². The summed E-state index contributed by atoms with van der Waals surface area (Å²) in [6.45, 7) is 7.79. The minimum absolute atomic E-state index is 0.0611. The third-order valence-corrected chi connectivity index (χ3v) is 7.01. The molecule has 0 bridgehead atoms. The number of aromatic nitrogens is 1. The maximum atomic E-state index is 12.7. The zero-order valence-electron chi connectivity index (χ0n) is 17.7. The van der Waals surface area contributed by atoms with Gasteiger partial charge in [-0.25, -0.2) is 4.98 Å². The number of hydrogen-bond donors (Lipinski definition) is 0. The number of thiazole rings is 1. The maximum absolute atomic E-state index is 12.7. The Morgan fingerprint density at radius 1 is 1.13 bits per heavy atom. The molecule has 5 nitrogen and oxygen atoms in total. The van der Waals surface area contributed by atoms with Crippen molar-refractivity contribution < 1.29 is 9.53 Å². The zero-order chi connectivity index (χ0) is 20.9. The van der Waals surface area contributed by atoms with E-state index in [1.165, 1.54) is 9.71 Å². The van der Waals surface area contributed by atoms with Gasteiger partial charge in [-0.15, -0.1) is 11.3 Å². The summed E-state index contributed by atoms with van der Waals surface area (Å²) in [7, 11) is 0. The van der Waals surface area contributed by atoms with Crippen LogP contribution >= 0.6 is 11.3 Å². The third kappa shape index (κ3) is 4.59. The average molecular weight is 424 g/mol. The van der Waals surface area contributed by atoms with Gasteiger partial charge in [0, 0.05) is 43.9 Å². The Balaban J connectivity index is 1.30. The van der Waals surface area contributed by atoms with Gasteiger partial charge in [0.25, 0.3) is 5.91 Å². The lowest BCUT2D eigenvalue weighted by molar-refractivity contribution is -0.134. The highest BCUT2D eigenvalue weighted by atomic mass is 32.1. The average Bonchev–Trinajstić information content (AvgIpc) is 3.23. The SMILES string of the molecule is CCN(CC)c1cccc(OCC(=O)N2CCC(c3nc4ccccc4s3)CC2)c1. The molecule has 2 aromatic carbocycles. The van der Waals surface area contributed by atoms with Crippen LogP contribution in [0.3, 0.4) is 0 Å². The van der Waals surface area contributed by atoms with Gasteiger partial charge >= 0.3 is 0 Å². The molecule has 0 unspecified atom stereocenters. The summed E-state index contributed by atoms with van der Waals surface area (Å²) in [6.07, 6.45) is 1.92. The van der Waals surface area contributed by atoms with E-state index in [-0.39, 0.29) is 12.5 Å². The van der Waals surface area contributed by atoms with Gasteiger partial charge in [0.15, 0.2) is 6.61 Å². The first-order chi connectivity index (χ1) is 14.7. The summed E-state index contributed by atoms with van der Waals surface area (Å²) in [6, 6.07) is 16.3. The minimum atomic E-state index is 0.0611. The Kier molecular flexibility index (Phi) is 6.53. The number of anilines is 1. The number of benzene rings is 2. The van der Waals surface area contributed by atoms with Crippen molar-refractivity contribution in [2.75, 3.05) is 37.7 Å². The second-order valence-corrected chi connectivity index (χ2v) is 8.70. The predicted octanol–water partition coefficient (Wildman–Crippen LogP) is 4.93. The van der Waals surface area contributed by atoms with Crippen LogP contribution in [-0.2, 0) is 4.79 Å². The molecule has 1 amide bonds. The van der Waals surface area contributed by atoms with Crippen molar-refractivity contribution in [1.82, 2.24) is 9.88 Å². The molecule has 1 fully saturated rings. The fourth-order valence-electron chi connectivity index (χ4n) is 4.04. The molecule has 4 rings (SSSR count). The molecule has 0 aliphatic carbocycles. The van der Waals surface area contributed by atoms with E-state index in [9.17, 15) is 4.79 Å². The van der Waals surface area contributed by atoms with Crippen LogP contribution in [0.15, 0.2) is 48.5 Å². The van der Waals surface area contributed by atoms with Crippen molar-refractivity contribution >= 4 is 33.1 Å². The van der Waals surface area contributed by atoms with Gasteiger partial charge in [0.05, 0.1) is 15.2 Å². The summed E-state index contributed by atoms with van der Waals surface area (Å²) in [5.41, 5.74) is 2.21. The largest absolute Gasteiger partial charge is 0.484 e. The molecule has 0 atom stereocenters. The minimum Gasteiger partial charge on any atom is -0.484 e. The van der Waals surface area contributed by atoms with E-state index >= 15 is 0 Å². The van der Waals surface area contributed by atoms with Crippen LogP contribution in [-0.4, -0.2) is 48.6 Å². The molecule has 1 saturated heterocycles. The molecular weight excluding hydrogens is 394 g/mol. The lowest BCUT2D eigenvalue weighted by Gasteiger charge is -2.31. The predicted molar refractivity (Wildman–Crippen MR) is 124 cm³/mol. The van der Waals surface area contributed by atoms with Crippen LogP contribution < -0.4 is 9.64 Å². The molecule has 1 aromatic heterocycles. The number of hydrogen-bond acceptors (Lipinski definition) is 5. The summed E-state index contributed by atoms with van der Waals surface area (Å²) < 4.78 is 7.07. The topological polar surface area (TPSA) is 45.7 Å². The summed E-state index contributed by atoms with van der Waals surface area (Å²) >= 11 is 1.78. The van der Waals surface area contributed by atoms with E-state index in [0.29, 0.717) is 5.92 Å². The number of amides is 1. The third-order valence-electron chi connectivity index (χ3n) is 5.82. The van der Waals surface area contributed by atoms with Gasteiger partial charge in [-0.3, -0.25) is 4.79 Å². The zero-order valence-corrected chi connectivity index (χ0v) is 18.5. The molecule has 0 saturated carbocycles. The molecule has 1 aliphatic rings. The smallest absolute Gasteiger partial charge is 0.260 e. The van der Waals surface area contributed by atoms with Gasteiger partial charge in [0.1, 0.15) is 5.75 Å². The Hall–Kier alpha value is -2.60. The number of ether oxygens (including phenoxy) is 1. The van der Waals surface area contributed by atoms with Crippen LogP contribution in [0.25, 0.3) is 10.2 Å². The Morgan fingerprint density at radius 3 is 2.63 bits per heavy atom. The molecule has 0 N–H and O–H groups in total. The highest BCUT2D eigenvalue weighted by Gasteiger charge is 2.26. The van der Waals surface area contributed by atoms with E-state index in [2.05, 4.69) is 43.0 Å². The van der Waals surface area contributed by atoms with Crippen molar-refractivity contribution in [2.45, 2.75) is 32.6 Å². The van der Waals surface area contributed by atoms with Crippen molar-refractivity contribution in [3.63, 3.8) is 0 Å². The molecule has 2 heterocycles. The van der Waals surface area contributed by atoms with E-state index in [1.807, 2.05) is 29.2 Å². The first kappa shape index (κ1) is 20.7. The first-order valence-electron chi connectivity index (χ1n) is 10.8. The fraction of sp³-hybridized carbons (Fsp3) is 0.417. The van der Waals surface area contributed by atoms with Crippen LogP contribution in [0.4, 0.5) is 5.69 Å². The molecule has 0 spiro atoms. The standard InChI is InChI=1S/C24H29N3O2S/c1-3-26(4-2)19-8-7-9-20(16-19)29-17-23(28)27-14-12-18(13-15-27)24-25-21-10-5-6-11-22(21)30-24/h5-11,16,18H,3-4,12-15,17H2,1-2H3. The van der Waals surface area contributed by atoms with Gasteiger partial charge in [-0.05, 0) is 51.0 Å². The lowest BCUT2D eigenvalue weighted by Crippen LogP contribution is -2.40. The van der Waals surface area contributed by atoms with Gasteiger partial charge < -0.3 is 14.5 Å². The second-order valence-electron chi connectivity index (χ2n) is 7.63. The molecule has 0 radical (unpaired) electrons. The first-order valence-corrected chi connectivity index (χ1v) is 11.6. The maximum Gasteiger partial charge on any atom is 0.260 e. The summed E-state index contributed by atoms with van der Waals surface area (Å²) in [5, 5.41) is 1.20. The normalized spacial score (nSPS) is 14.8. The number of para-hydroxylation sites is 1. The number of piperidine rings is 1. The summed E-state index contributed by atoms with van der Waals surface area (Å²) in [5.74, 6) is 1.25. The Bertz CT molecular complexity index is 958. The quantitative estimate of drug-likeness (QED) is 0.541. The molecule has 158 valence electrons. The number of carbonyl (C=O) groups is 1. The number of likely N-dealkylation sites (tertiary alicyclic amines) is 1. The van der Waals surface area contributed by atoms with Crippen LogP contribution in [0.1, 0.15) is 37.6 Å². The second kappa shape index (κ2) is 9.47. The molecule has 1 aliphatic heterocycles. The number of rotatable bonds is 7. The van der Waals surface area contributed by atoms with E-state index in [4.69, 9.17) is 9.72 Å². The Labute approximate surface area is 182 Å². The number of fused-ring (bicyclic) bond motifs is 1. The van der Waals surface area contributed by atoms with Crippen molar-refractivity contribution in [1.29, 1.82) is 0 Å². The highest BCUT2D eigenvalue weighted by Crippen LogP contribution is 2.33. The fourth-order valence-corrected chi connectivity index (χ4v) is 5.17. The molecule has 3 aromatic rings. The van der Waals surface area contributed by atoms with Crippen LogP contribution in [0.2, 0.25) is 0 Å². The van der Waals surface area contributed by atoms with Gasteiger partial charge in [-0.2, -0.15) is 0 Å². The van der Waals surface area contributed by atoms with E-state index in [0.717, 1.165) is 56.0 Å². The molecule has 6 heteroatoms. The van der Waals surface area contributed by atoms with Crippen LogP contribution in [0.5, 0.6) is 5.75 Å². The monoisotopic (exact) mass is 423 g/mol. The summed E-state index contributed by atoms with van der Waals surface area (Å²) in [4.78, 5) is 21.7. The Morgan fingerprint density at radius 2 is 1.90 bits per heavy atom. The molecular formula is C24H29N3O2S. The van der Waals surface area contributed by atoms with Crippen molar-refractivity contribution in [3.8, 4) is 5.75 Å². The van der Waals surface area contributed by atoms with Gasteiger partial charge in [-0.1, -0.05) is 18.2 Å². The number of carbonyl (C=O) groups excluding carboxylic acids is 1. The van der Waals surface area contributed by atoms with Crippen molar-refractivity contribution in [2.24, 2.45) is 0 Å². The van der Waals surface area contributed by atoms with Crippen LogP contribution in [0, 0.1) is 0 Å². The lowest BCUT2D eigenvalue weighted by atomic mass is 9.97. The van der Waals surface area contributed by atoms with E-state index < -0.39 is 0 Å². The molecule has 30 heavy (non-hydrogen) atoms. The highest BCUT2D eigenvalue weighted by molar-refractivity contribution is 7.18. The number of nitrogens with zero attached hydrogens (tertiary/aromatic N) is 3.